The fraction of sp³-hybridized carbons (Fsp3) is 0.143. The minimum Gasteiger partial charge on any atom is -0.324 e. The van der Waals surface area contributed by atoms with Gasteiger partial charge < -0.3 is 5.73 Å². The predicted octanol–water partition coefficient (Wildman–Crippen LogP) is 4.11. The molecule has 0 aromatic heterocycles. The van der Waals surface area contributed by atoms with Crippen molar-refractivity contribution in [2.75, 3.05) is 0 Å². The molecule has 100 valence electrons. The Bertz CT molecular complexity index is 601. The minimum atomic E-state index is -0.914. The summed E-state index contributed by atoms with van der Waals surface area (Å²) in [6.45, 7) is 0. The molecule has 0 amide bonds. The lowest BCUT2D eigenvalue weighted by atomic mass is 9.99. The van der Waals surface area contributed by atoms with Gasteiger partial charge in [-0.3, -0.25) is 0 Å². The van der Waals surface area contributed by atoms with Gasteiger partial charge in [0.15, 0.2) is 11.6 Å². The van der Waals surface area contributed by atoms with Gasteiger partial charge in [0.1, 0.15) is 5.82 Å². The SMILES string of the molecule is NC(Cc1ccc(F)c(F)c1)c1cccc(F)c1Br. The molecule has 0 bridgehead atoms. The first kappa shape index (κ1) is 14.1. The van der Waals surface area contributed by atoms with E-state index in [1.54, 1.807) is 12.1 Å². The summed E-state index contributed by atoms with van der Waals surface area (Å²) >= 11 is 3.13. The Labute approximate surface area is 117 Å². The number of rotatable bonds is 3. The molecule has 1 unspecified atom stereocenters. The lowest BCUT2D eigenvalue weighted by molar-refractivity contribution is 0.506. The summed E-state index contributed by atoms with van der Waals surface area (Å²) in [5, 5.41) is 0. The summed E-state index contributed by atoms with van der Waals surface area (Å²) in [5.74, 6) is -2.22. The molecule has 0 aliphatic heterocycles. The van der Waals surface area contributed by atoms with Crippen molar-refractivity contribution < 1.29 is 13.2 Å². The van der Waals surface area contributed by atoms with Crippen LogP contribution in [-0.2, 0) is 6.42 Å². The van der Waals surface area contributed by atoms with Crippen LogP contribution in [-0.4, -0.2) is 0 Å². The molecule has 0 radical (unpaired) electrons. The van der Waals surface area contributed by atoms with Gasteiger partial charge >= 0.3 is 0 Å². The number of halogens is 4. The molecule has 2 aromatic carbocycles. The van der Waals surface area contributed by atoms with E-state index in [1.807, 2.05) is 0 Å². The summed E-state index contributed by atoms with van der Waals surface area (Å²) in [4.78, 5) is 0. The maximum Gasteiger partial charge on any atom is 0.159 e. The van der Waals surface area contributed by atoms with E-state index in [2.05, 4.69) is 15.9 Å². The first-order chi connectivity index (χ1) is 8.99. The molecule has 2 N–H and O–H groups in total. The van der Waals surface area contributed by atoms with Gasteiger partial charge in [-0.1, -0.05) is 18.2 Å². The van der Waals surface area contributed by atoms with Crippen LogP contribution in [0.3, 0.4) is 0 Å². The average molecular weight is 330 g/mol. The fourth-order valence-corrected chi connectivity index (χ4v) is 2.40. The van der Waals surface area contributed by atoms with Crippen molar-refractivity contribution in [3.63, 3.8) is 0 Å². The first-order valence-corrected chi connectivity index (χ1v) is 6.41. The standard InChI is InChI=1S/C14H11BrF3N/c15-14-9(2-1-3-11(14)17)13(19)7-8-4-5-10(16)12(18)6-8/h1-6,13H,7,19H2. The van der Waals surface area contributed by atoms with Crippen molar-refractivity contribution in [1.29, 1.82) is 0 Å². The molecule has 5 heteroatoms. The van der Waals surface area contributed by atoms with Crippen molar-refractivity contribution in [2.24, 2.45) is 5.73 Å². The smallest absolute Gasteiger partial charge is 0.159 e. The van der Waals surface area contributed by atoms with Crippen LogP contribution >= 0.6 is 15.9 Å². The zero-order chi connectivity index (χ0) is 14.0. The fourth-order valence-electron chi connectivity index (χ4n) is 1.84. The van der Waals surface area contributed by atoms with Crippen LogP contribution in [0.2, 0.25) is 0 Å². The van der Waals surface area contributed by atoms with Crippen molar-refractivity contribution in [3.8, 4) is 0 Å². The molecule has 0 aliphatic carbocycles. The Balaban J connectivity index is 2.23. The number of hydrogen-bond donors (Lipinski definition) is 1. The topological polar surface area (TPSA) is 26.0 Å². The molecule has 0 heterocycles. The van der Waals surface area contributed by atoms with Crippen molar-refractivity contribution in [2.45, 2.75) is 12.5 Å². The quantitative estimate of drug-likeness (QED) is 0.901. The highest BCUT2D eigenvalue weighted by Crippen LogP contribution is 2.27. The molecule has 19 heavy (non-hydrogen) atoms. The maximum absolute atomic E-state index is 13.4. The summed E-state index contributed by atoms with van der Waals surface area (Å²) in [6.07, 6.45) is 0.291. The van der Waals surface area contributed by atoms with Gasteiger partial charge in [0.05, 0.1) is 4.47 Å². The number of nitrogens with two attached hydrogens (primary N) is 1. The van der Waals surface area contributed by atoms with Gasteiger partial charge in [-0.15, -0.1) is 0 Å². The van der Waals surface area contributed by atoms with Crippen LogP contribution in [0.5, 0.6) is 0 Å². The van der Waals surface area contributed by atoms with Crippen LogP contribution in [0.4, 0.5) is 13.2 Å². The van der Waals surface area contributed by atoms with Gasteiger partial charge in [-0.2, -0.15) is 0 Å². The van der Waals surface area contributed by atoms with E-state index in [4.69, 9.17) is 5.73 Å². The lowest BCUT2D eigenvalue weighted by Crippen LogP contribution is -2.14. The van der Waals surface area contributed by atoms with E-state index in [-0.39, 0.29) is 0 Å². The van der Waals surface area contributed by atoms with Crippen LogP contribution in [0.15, 0.2) is 40.9 Å². The largest absolute Gasteiger partial charge is 0.324 e. The second-order valence-electron chi connectivity index (χ2n) is 4.20. The highest BCUT2D eigenvalue weighted by molar-refractivity contribution is 9.10. The van der Waals surface area contributed by atoms with Gasteiger partial charge in [0.25, 0.3) is 0 Å². The van der Waals surface area contributed by atoms with Crippen molar-refractivity contribution >= 4 is 15.9 Å². The third kappa shape index (κ3) is 3.16. The maximum atomic E-state index is 13.4. The molecule has 1 atom stereocenters. The van der Waals surface area contributed by atoms with Crippen molar-refractivity contribution in [3.05, 3.63) is 69.4 Å². The molecule has 0 saturated carbocycles. The molecule has 1 nitrogen and oxygen atoms in total. The normalized spacial score (nSPS) is 12.5. The predicted molar refractivity (Wildman–Crippen MR) is 71.1 cm³/mol. The Morgan fingerprint density at radius 3 is 2.42 bits per heavy atom. The molecular formula is C14H11BrF3N. The molecular weight excluding hydrogens is 319 g/mol. The first-order valence-electron chi connectivity index (χ1n) is 5.62. The second kappa shape index (κ2) is 5.75. The third-order valence-electron chi connectivity index (χ3n) is 2.82. The van der Waals surface area contributed by atoms with E-state index < -0.39 is 23.5 Å². The molecule has 0 aliphatic rings. The molecule has 2 rings (SSSR count). The van der Waals surface area contributed by atoms with E-state index >= 15 is 0 Å². The highest BCUT2D eigenvalue weighted by Gasteiger charge is 2.14. The molecule has 0 saturated heterocycles. The summed E-state index contributed by atoms with van der Waals surface area (Å²) in [5.41, 5.74) is 7.12. The summed E-state index contributed by atoms with van der Waals surface area (Å²) in [7, 11) is 0. The monoisotopic (exact) mass is 329 g/mol. The number of hydrogen-bond acceptors (Lipinski definition) is 1. The van der Waals surface area contributed by atoms with Gasteiger partial charge in [-0.05, 0) is 51.7 Å². The van der Waals surface area contributed by atoms with Crippen LogP contribution < -0.4 is 5.73 Å². The zero-order valence-electron chi connectivity index (χ0n) is 9.84. The molecule has 0 spiro atoms. The van der Waals surface area contributed by atoms with Crippen LogP contribution in [0.1, 0.15) is 17.2 Å². The summed E-state index contributed by atoms with van der Waals surface area (Å²) < 4.78 is 39.6. The molecule has 2 aromatic rings. The Hall–Kier alpha value is -1.33. The van der Waals surface area contributed by atoms with Crippen LogP contribution in [0, 0.1) is 17.5 Å². The second-order valence-corrected chi connectivity index (χ2v) is 5.00. The van der Waals surface area contributed by atoms with Gasteiger partial charge in [-0.25, -0.2) is 13.2 Å². The van der Waals surface area contributed by atoms with E-state index in [0.29, 0.717) is 22.0 Å². The lowest BCUT2D eigenvalue weighted by Gasteiger charge is -2.14. The van der Waals surface area contributed by atoms with E-state index in [9.17, 15) is 13.2 Å². The van der Waals surface area contributed by atoms with Gasteiger partial charge in [0, 0.05) is 6.04 Å². The third-order valence-corrected chi connectivity index (χ3v) is 3.66. The zero-order valence-corrected chi connectivity index (χ0v) is 11.4. The van der Waals surface area contributed by atoms with Crippen molar-refractivity contribution in [1.82, 2.24) is 0 Å². The van der Waals surface area contributed by atoms with Gasteiger partial charge in [0.2, 0.25) is 0 Å². The van der Waals surface area contributed by atoms with E-state index in [0.717, 1.165) is 12.1 Å². The van der Waals surface area contributed by atoms with E-state index in [1.165, 1.54) is 12.1 Å². The Kier molecular flexibility index (Phi) is 4.27. The Morgan fingerprint density at radius 1 is 1.00 bits per heavy atom. The number of benzene rings is 2. The Morgan fingerprint density at radius 2 is 1.74 bits per heavy atom. The summed E-state index contributed by atoms with van der Waals surface area (Å²) in [6, 6.07) is 7.68. The molecule has 0 fully saturated rings. The highest BCUT2D eigenvalue weighted by atomic mass is 79.9. The minimum absolute atomic E-state index is 0.291. The average Bonchev–Trinajstić information content (AvgIpc) is 2.37. The van der Waals surface area contributed by atoms with Crippen LogP contribution in [0.25, 0.3) is 0 Å².